The van der Waals surface area contributed by atoms with Gasteiger partial charge in [0.15, 0.2) is 9.84 Å². The number of nitrogens with one attached hydrogen (secondary N) is 2. The van der Waals surface area contributed by atoms with Crippen molar-refractivity contribution in [3.05, 3.63) is 48.0 Å². The lowest BCUT2D eigenvalue weighted by Crippen LogP contribution is -2.26. The molecule has 1 unspecified atom stereocenters. The number of amides is 2. The van der Waals surface area contributed by atoms with Crippen molar-refractivity contribution in [3.8, 4) is 0 Å². The molecule has 1 atom stereocenters. The molecule has 0 fully saturated rings. The van der Waals surface area contributed by atoms with Gasteiger partial charge in [0.25, 0.3) is 0 Å². The molecule has 27 heavy (non-hydrogen) atoms. The summed E-state index contributed by atoms with van der Waals surface area (Å²) in [4.78, 5) is 24.8. The third-order valence-corrected chi connectivity index (χ3v) is 7.07. The van der Waals surface area contributed by atoms with E-state index in [9.17, 15) is 18.0 Å². The van der Waals surface area contributed by atoms with E-state index in [1.165, 1.54) is 23.9 Å². The van der Waals surface area contributed by atoms with Crippen LogP contribution in [0.4, 0.5) is 11.4 Å². The summed E-state index contributed by atoms with van der Waals surface area (Å²) in [6.45, 7) is 3.73. The number of benzene rings is 2. The van der Waals surface area contributed by atoms with E-state index in [2.05, 4.69) is 10.6 Å². The predicted molar refractivity (Wildman–Crippen MR) is 107 cm³/mol. The van der Waals surface area contributed by atoms with Crippen molar-refractivity contribution >= 4 is 44.8 Å². The van der Waals surface area contributed by atoms with E-state index in [1.54, 1.807) is 25.1 Å². The SMILES string of the molecule is Cc1ccc(NC(=O)CCS(=O)(=O)c2ccc3c(c2)NC(=O)C(C)S3)cc1. The molecule has 0 saturated heterocycles. The molecule has 2 aromatic carbocycles. The molecular weight excluding hydrogens is 384 g/mol. The van der Waals surface area contributed by atoms with E-state index in [-0.39, 0.29) is 34.1 Å². The van der Waals surface area contributed by atoms with Crippen LogP contribution in [0.3, 0.4) is 0 Å². The van der Waals surface area contributed by atoms with Gasteiger partial charge in [-0.25, -0.2) is 8.42 Å². The Labute approximate surface area is 162 Å². The molecule has 1 aliphatic rings. The second-order valence-corrected chi connectivity index (χ2v) is 9.88. The van der Waals surface area contributed by atoms with Gasteiger partial charge in [-0.05, 0) is 44.2 Å². The summed E-state index contributed by atoms with van der Waals surface area (Å²) in [5, 5.41) is 5.19. The first-order chi connectivity index (χ1) is 12.7. The van der Waals surface area contributed by atoms with Gasteiger partial charge in [0.2, 0.25) is 11.8 Å². The standard InChI is InChI=1S/C19H20N2O4S2/c1-12-3-5-14(6-4-12)20-18(22)9-10-27(24,25)15-7-8-17-16(11-15)21-19(23)13(2)26-17/h3-8,11,13H,9-10H2,1-2H3,(H,20,22)(H,21,23). The van der Waals surface area contributed by atoms with Gasteiger partial charge >= 0.3 is 0 Å². The molecule has 0 aliphatic carbocycles. The zero-order valence-electron chi connectivity index (χ0n) is 15.0. The van der Waals surface area contributed by atoms with Crippen LogP contribution >= 0.6 is 11.8 Å². The van der Waals surface area contributed by atoms with Gasteiger partial charge in [-0.2, -0.15) is 0 Å². The Kier molecular flexibility index (Phi) is 5.57. The molecule has 6 nitrogen and oxygen atoms in total. The molecule has 142 valence electrons. The molecule has 2 N–H and O–H groups in total. The largest absolute Gasteiger partial charge is 0.326 e. The zero-order valence-corrected chi connectivity index (χ0v) is 16.6. The number of carbonyl (C=O) groups excluding carboxylic acids is 2. The number of sulfone groups is 1. The molecule has 0 radical (unpaired) electrons. The highest BCUT2D eigenvalue weighted by Gasteiger charge is 2.25. The van der Waals surface area contributed by atoms with Crippen LogP contribution in [-0.4, -0.2) is 31.2 Å². The average molecular weight is 405 g/mol. The number of hydrogen-bond acceptors (Lipinski definition) is 5. The van der Waals surface area contributed by atoms with E-state index in [4.69, 9.17) is 0 Å². The highest BCUT2D eigenvalue weighted by atomic mass is 32.2. The molecular formula is C19H20N2O4S2. The Morgan fingerprint density at radius 2 is 1.89 bits per heavy atom. The van der Waals surface area contributed by atoms with Gasteiger partial charge in [0.1, 0.15) is 0 Å². The van der Waals surface area contributed by atoms with Crippen molar-refractivity contribution in [3.63, 3.8) is 0 Å². The normalized spacial score (nSPS) is 16.4. The lowest BCUT2D eigenvalue weighted by molar-refractivity contribution is -0.116. The predicted octanol–water partition coefficient (Wildman–Crippen LogP) is 3.23. The molecule has 0 saturated carbocycles. The molecule has 0 spiro atoms. The first-order valence-corrected chi connectivity index (χ1v) is 11.0. The molecule has 0 bridgehead atoms. The van der Waals surface area contributed by atoms with Crippen LogP contribution in [-0.2, 0) is 19.4 Å². The van der Waals surface area contributed by atoms with E-state index < -0.39 is 9.84 Å². The maximum Gasteiger partial charge on any atom is 0.237 e. The summed E-state index contributed by atoms with van der Waals surface area (Å²) < 4.78 is 25.1. The smallest absolute Gasteiger partial charge is 0.237 e. The maximum absolute atomic E-state index is 12.6. The van der Waals surface area contributed by atoms with Crippen molar-refractivity contribution in [2.45, 2.75) is 35.3 Å². The zero-order chi connectivity index (χ0) is 19.6. The summed E-state index contributed by atoms with van der Waals surface area (Å²) in [5.74, 6) is -0.821. The van der Waals surface area contributed by atoms with E-state index in [0.29, 0.717) is 11.4 Å². The summed E-state index contributed by atoms with van der Waals surface area (Å²) in [7, 11) is -3.64. The number of rotatable bonds is 5. The topological polar surface area (TPSA) is 92.3 Å². The van der Waals surface area contributed by atoms with Gasteiger partial charge in [-0.1, -0.05) is 17.7 Å². The lowest BCUT2D eigenvalue weighted by Gasteiger charge is -2.21. The number of anilines is 2. The first kappa shape index (κ1) is 19.4. The number of thioether (sulfide) groups is 1. The number of hydrogen-bond donors (Lipinski definition) is 2. The minimum Gasteiger partial charge on any atom is -0.326 e. The third kappa shape index (κ3) is 4.70. The second kappa shape index (κ2) is 7.74. The van der Waals surface area contributed by atoms with Crippen molar-refractivity contribution in [1.29, 1.82) is 0 Å². The Balaban J connectivity index is 1.66. The highest BCUT2D eigenvalue weighted by molar-refractivity contribution is 8.01. The van der Waals surface area contributed by atoms with Crippen molar-refractivity contribution < 1.29 is 18.0 Å². The fourth-order valence-electron chi connectivity index (χ4n) is 2.59. The summed E-state index contributed by atoms with van der Waals surface area (Å²) in [6.07, 6.45) is -0.147. The number of fused-ring (bicyclic) bond motifs is 1. The van der Waals surface area contributed by atoms with Crippen LogP contribution in [0.5, 0.6) is 0 Å². The van der Waals surface area contributed by atoms with E-state index in [1.807, 2.05) is 19.1 Å². The average Bonchev–Trinajstić information content (AvgIpc) is 2.62. The van der Waals surface area contributed by atoms with Crippen LogP contribution in [0.25, 0.3) is 0 Å². The Morgan fingerprint density at radius 3 is 2.59 bits per heavy atom. The molecule has 1 heterocycles. The Bertz CT molecular complexity index is 985. The van der Waals surface area contributed by atoms with Crippen LogP contribution in [0.1, 0.15) is 18.9 Å². The van der Waals surface area contributed by atoms with Gasteiger partial charge in [-0.15, -0.1) is 11.8 Å². The molecule has 0 aromatic heterocycles. The monoisotopic (exact) mass is 404 g/mol. The summed E-state index contributed by atoms with van der Waals surface area (Å²) >= 11 is 1.39. The van der Waals surface area contributed by atoms with E-state index >= 15 is 0 Å². The minimum absolute atomic E-state index is 0.0971. The summed E-state index contributed by atoms with van der Waals surface area (Å²) in [6, 6.07) is 11.9. The third-order valence-electron chi connectivity index (χ3n) is 4.17. The van der Waals surface area contributed by atoms with Gasteiger partial charge in [0, 0.05) is 17.0 Å². The number of aryl methyl sites for hydroxylation is 1. The van der Waals surface area contributed by atoms with Gasteiger partial charge in [0.05, 0.1) is 21.6 Å². The highest BCUT2D eigenvalue weighted by Crippen LogP contribution is 2.36. The Morgan fingerprint density at radius 1 is 1.19 bits per heavy atom. The molecule has 2 aromatic rings. The summed E-state index contributed by atoms with van der Waals surface area (Å²) in [5.41, 5.74) is 2.20. The molecule has 1 aliphatic heterocycles. The first-order valence-electron chi connectivity index (χ1n) is 8.45. The lowest BCUT2D eigenvalue weighted by atomic mass is 10.2. The second-order valence-electron chi connectivity index (χ2n) is 6.39. The van der Waals surface area contributed by atoms with Crippen LogP contribution in [0.15, 0.2) is 52.3 Å². The van der Waals surface area contributed by atoms with Crippen molar-refractivity contribution in [2.75, 3.05) is 16.4 Å². The quantitative estimate of drug-likeness (QED) is 0.798. The van der Waals surface area contributed by atoms with Crippen LogP contribution in [0.2, 0.25) is 0 Å². The molecule has 3 rings (SSSR count). The fourth-order valence-corrected chi connectivity index (χ4v) is 4.78. The van der Waals surface area contributed by atoms with Gasteiger partial charge in [-0.3, -0.25) is 9.59 Å². The van der Waals surface area contributed by atoms with Crippen molar-refractivity contribution in [1.82, 2.24) is 0 Å². The van der Waals surface area contributed by atoms with Gasteiger partial charge < -0.3 is 10.6 Å². The van der Waals surface area contributed by atoms with E-state index in [0.717, 1.165) is 10.5 Å². The van der Waals surface area contributed by atoms with Crippen LogP contribution < -0.4 is 10.6 Å². The maximum atomic E-state index is 12.6. The minimum atomic E-state index is -3.64. The van der Waals surface area contributed by atoms with Crippen LogP contribution in [0, 0.1) is 6.92 Å². The fraction of sp³-hybridized carbons (Fsp3) is 0.263. The Hall–Kier alpha value is -2.32. The molecule has 8 heteroatoms. The molecule has 2 amide bonds. The number of carbonyl (C=O) groups is 2. The van der Waals surface area contributed by atoms with Crippen molar-refractivity contribution in [2.24, 2.45) is 0 Å².